The molecule has 0 unspecified atom stereocenters. The maximum Gasteiger partial charge on any atom is 0.232 e. The van der Waals surface area contributed by atoms with Crippen LogP contribution in [0.3, 0.4) is 0 Å². The van der Waals surface area contributed by atoms with Gasteiger partial charge in [0.1, 0.15) is 5.75 Å². The largest absolute Gasteiger partial charge is 0.497 e. The lowest BCUT2D eigenvalue weighted by atomic mass is 10.2. The van der Waals surface area contributed by atoms with Crippen LogP contribution < -0.4 is 14.4 Å². The standard InChI is InChI=1S/C21H35N3O4S/c1-28-20-11-7-10-19(18-20)24(29(2,26)27)17-8-12-21(25)22-13-9-16-23-14-5-3-4-6-15-23/h7,10-11,18H,3-6,8-9,12-17H2,1-2H3,(H,22,25). The summed E-state index contributed by atoms with van der Waals surface area (Å²) in [6.07, 6.45) is 8.09. The van der Waals surface area contributed by atoms with Crippen LogP contribution in [0.5, 0.6) is 5.75 Å². The van der Waals surface area contributed by atoms with Crippen molar-refractivity contribution >= 4 is 21.6 Å². The molecule has 29 heavy (non-hydrogen) atoms. The second-order valence-corrected chi connectivity index (χ2v) is 9.51. The molecule has 8 heteroatoms. The highest BCUT2D eigenvalue weighted by Gasteiger charge is 2.18. The third-order valence-corrected chi connectivity index (χ3v) is 6.37. The lowest BCUT2D eigenvalue weighted by Gasteiger charge is -2.22. The summed E-state index contributed by atoms with van der Waals surface area (Å²) >= 11 is 0. The topological polar surface area (TPSA) is 79.0 Å². The normalized spacial score (nSPS) is 15.5. The molecule has 1 aromatic carbocycles. The summed E-state index contributed by atoms with van der Waals surface area (Å²) in [5.41, 5.74) is 0.546. The molecule has 0 saturated carbocycles. The van der Waals surface area contributed by atoms with Gasteiger partial charge in [0.05, 0.1) is 19.1 Å². The Balaban J connectivity index is 1.72. The molecule has 1 saturated heterocycles. The summed E-state index contributed by atoms with van der Waals surface area (Å²) in [6, 6.07) is 6.93. The Labute approximate surface area is 175 Å². The number of rotatable bonds is 11. The number of likely N-dealkylation sites (tertiary alicyclic amines) is 1. The molecule has 1 heterocycles. The number of anilines is 1. The summed E-state index contributed by atoms with van der Waals surface area (Å²) in [5, 5.41) is 2.95. The van der Waals surface area contributed by atoms with E-state index < -0.39 is 10.0 Å². The second kappa shape index (κ2) is 12.0. The van der Waals surface area contributed by atoms with Gasteiger partial charge in [0.15, 0.2) is 0 Å². The zero-order valence-electron chi connectivity index (χ0n) is 17.7. The van der Waals surface area contributed by atoms with Crippen molar-refractivity contribution in [3.8, 4) is 5.75 Å². The first kappa shape index (κ1) is 23.5. The van der Waals surface area contributed by atoms with Gasteiger partial charge >= 0.3 is 0 Å². The van der Waals surface area contributed by atoms with Gasteiger partial charge in [-0.2, -0.15) is 0 Å². The molecule has 1 aromatic rings. The van der Waals surface area contributed by atoms with Crippen LogP contribution in [0, 0.1) is 0 Å². The minimum Gasteiger partial charge on any atom is -0.497 e. The summed E-state index contributed by atoms with van der Waals surface area (Å²) in [7, 11) is -1.89. The van der Waals surface area contributed by atoms with Gasteiger partial charge in [-0.05, 0) is 57.5 Å². The Hall–Kier alpha value is -1.80. The molecule has 1 N–H and O–H groups in total. The number of methoxy groups -OCH3 is 1. The Bertz CT molecular complexity index is 731. The molecule has 0 bridgehead atoms. The molecule has 1 fully saturated rings. The lowest BCUT2D eigenvalue weighted by molar-refractivity contribution is -0.121. The summed E-state index contributed by atoms with van der Waals surface area (Å²) in [4.78, 5) is 14.6. The number of hydrogen-bond donors (Lipinski definition) is 1. The summed E-state index contributed by atoms with van der Waals surface area (Å²) < 4.78 is 30.8. The first-order chi connectivity index (χ1) is 13.9. The maximum atomic E-state index is 12.2. The van der Waals surface area contributed by atoms with Gasteiger partial charge in [0.25, 0.3) is 0 Å². The highest BCUT2D eigenvalue weighted by Crippen LogP contribution is 2.23. The number of ether oxygens (including phenoxy) is 1. The highest BCUT2D eigenvalue weighted by atomic mass is 32.2. The number of carbonyl (C=O) groups is 1. The maximum absolute atomic E-state index is 12.2. The first-order valence-electron chi connectivity index (χ1n) is 10.5. The van der Waals surface area contributed by atoms with Crippen molar-refractivity contribution in [1.29, 1.82) is 0 Å². The average molecular weight is 426 g/mol. The third-order valence-electron chi connectivity index (χ3n) is 5.18. The van der Waals surface area contributed by atoms with Gasteiger partial charge in [0, 0.05) is 25.6 Å². The van der Waals surface area contributed by atoms with Gasteiger partial charge in [-0.3, -0.25) is 9.10 Å². The van der Waals surface area contributed by atoms with Crippen LogP contribution in [0.15, 0.2) is 24.3 Å². The number of carbonyl (C=O) groups excluding carboxylic acids is 1. The molecule has 7 nitrogen and oxygen atoms in total. The molecule has 1 aliphatic rings. The summed E-state index contributed by atoms with van der Waals surface area (Å²) in [6.45, 7) is 4.28. The molecule has 164 valence electrons. The van der Waals surface area contributed by atoms with Crippen molar-refractivity contribution in [2.45, 2.75) is 44.9 Å². The van der Waals surface area contributed by atoms with E-state index in [1.54, 1.807) is 31.4 Å². The lowest BCUT2D eigenvalue weighted by Crippen LogP contribution is -2.33. The molecule has 0 radical (unpaired) electrons. The minimum absolute atomic E-state index is 0.0278. The number of nitrogens with one attached hydrogen (secondary N) is 1. The fourth-order valence-electron chi connectivity index (χ4n) is 3.61. The van der Waals surface area contributed by atoms with E-state index in [-0.39, 0.29) is 12.5 Å². The van der Waals surface area contributed by atoms with Crippen LogP contribution >= 0.6 is 0 Å². The van der Waals surface area contributed by atoms with E-state index in [9.17, 15) is 13.2 Å². The van der Waals surface area contributed by atoms with Gasteiger partial charge in [-0.25, -0.2) is 8.42 Å². The smallest absolute Gasteiger partial charge is 0.232 e. The van der Waals surface area contributed by atoms with Crippen LogP contribution in [0.2, 0.25) is 0 Å². The predicted molar refractivity (Wildman–Crippen MR) is 117 cm³/mol. The molecule has 1 aliphatic heterocycles. The predicted octanol–water partition coefficient (Wildman–Crippen LogP) is 2.62. The fourth-order valence-corrected chi connectivity index (χ4v) is 4.57. The van der Waals surface area contributed by atoms with Crippen molar-refractivity contribution < 1.29 is 17.9 Å². The second-order valence-electron chi connectivity index (χ2n) is 7.60. The zero-order valence-corrected chi connectivity index (χ0v) is 18.5. The minimum atomic E-state index is -3.44. The average Bonchev–Trinajstić information content (AvgIpc) is 2.96. The van der Waals surface area contributed by atoms with Crippen LogP contribution in [-0.4, -0.2) is 65.3 Å². The van der Waals surface area contributed by atoms with Gasteiger partial charge < -0.3 is 15.0 Å². The molecule has 0 aromatic heterocycles. The van der Waals surface area contributed by atoms with E-state index in [2.05, 4.69) is 10.2 Å². The molecular formula is C21H35N3O4S. The number of amides is 1. The van der Waals surface area contributed by atoms with E-state index in [1.807, 2.05) is 0 Å². The fraction of sp³-hybridized carbons (Fsp3) is 0.667. The molecular weight excluding hydrogens is 390 g/mol. The number of hydrogen-bond acceptors (Lipinski definition) is 5. The number of nitrogens with zero attached hydrogens (tertiary/aromatic N) is 2. The number of sulfonamides is 1. The zero-order chi connectivity index (χ0) is 21.1. The van der Waals surface area contributed by atoms with Crippen molar-refractivity contribution in [2.24, 2.45) is 0 Å². The Morgan fingerprint density at radius 1 is 1.17 bits per heavy atom. The van der Waals surface area contributed by atoms with Crippen LogP contribution in [-0.2, 0) is 14.8 Å². The van der Waals surface area contributed by atoms with E-state index in [0.29, 0.717) is 30.8 Å². The molecule has 0 spiro atoms. The first-order valence-corrected chi connectivity index (χ1v) is 12.4. The Kier molecular flexibility index (Phi) is 9.73. The van der Waals surface area contributed by atoms with E-state index >= 15 is 0 Å². The number of benzene rings is 1. The van der Waals surface area contributed by atoms with E-state index in [4.69, 9.17) is 4.74 Å². The van der Waals surface area contributed by atoms with Crippen molar-refractivity contribution in [2.75, 3.05) is 50.4 Å². The summed E-state index contributed by atoms with van der Waals surface area (Å²) in [5.74, 6) is 0.568. The van der Waals surface area contributed by atoms with E-state index in [0.717, 1.165) is 13.0 Å². The van der Waals surface area contributed by atoms with Gasteiger partial charge in [-0.1, -0.05) is 18.9 Å². The Morgan fingerprint density at radius 3 is 2.55 bits per heavy atom. The van der Waals surface area contributed by atoms with Crippen LogP contribution in [0.1, 0.15) is 44.9 Å². The van der Waals surface area contributed by atoms with Crippen molar-refractivity contribution in [3.05, 3.63) is 24.3 Å². The molecule has 1 amide bonds. The van der Waals surface area contributed by atoms with Gasteiger partial charge in [-0.15, -0.1) is 0 Å². The quantitative estimate of drug-likeness (QED) is 0.552. The monoisotopic (exact) mass is 425 g/mol. The third kappa shape index (κ3) is 8.62. The van der Waals surface area contributed by atoms with E-state index in [1.165, 1.54) is 49.3 Å². The highest BCUT2D eigenvalue weighted by molar-refractivity contribution is 7.92. The van der Waals surface area contributed by atoms with Gasteiger partial charge in [0.2, 0.25) is 15.9 Å². The van der Waals surface area contributed by atoms with Crippen LogP contribution in [0.25, 0.3) is 0 Å². The molecule has 0 atom stereocenters. The van der Waals surface area contributed by atoms with Crippen molar-refractivity contribution in [1.82, 2.24) is 10.2 Å². The van der Waals surface area contributed by atoms with Crippen molar-refractivity contribution in [3.63, 3.8) is 0 Å². The molecule has 2 rings (SSSR count). The SMILES string of the molecule is COc1cccc(N(CCCC(=O)NCCCN2CCCCCC2)S(C)(=O)=O)c1. The molecule has 0 aliphatic carbocycles. The van der Waals surface area contributed by atoms with Crippen LogP contribution in [0.4, 0.5) is 5.69 Å². The Morgan fingerprint density at radius 2 is 1.90 bits per heavy atom.